The maximum absolute atomic E-state index is 10.5. The van der Waals surface area contributed by atoms with Gasteiger partial charge in [-0.1, -0.05) is 0 Å². The second-order valence-corrected chi connectivity index (χ2v) is 14.3. The number of nitrogens with one attached hydrogen (secondary N) is 1. The molecule has 2 unspecified atom stereocenters. The van der Waals surface area contributed by atoms with E-state index in [4.69, 9.17) is 29.9 Å². The third-order valence-electron chi connectivity index (χ3n) is 10.1. The normalized spacial score (nSPS) is 26.8. The molecule has 0 radical (unpaired) electrons. The van der Waals surface area contributed by atoms with Crippen molar-refractivity contribution in [1.29, 1.82) is 10.5 Å². The summed E-state index contributed by atoms with van der Waals surface area (Å²) in [6.07, 6.45) is 4.17. The number of piperazine rings is 1. The highest BCUT2D eigenvalue weighted by Crippen LogP contribution is 2.53. The van der Waals surface area contributed by atoms with Crippen LogP contribution >= 0.6 is 11.3 Å². The standard InChI is InChI=1S/C30H37N9O3S/c31-9-21-24-23(43-25(21)33)1-2-30(24)16-39(17-30)27-22(10-32)26(38-11-19-13-41-14-20(12-38)34-19)35-28(36-27)42-18-29(3-4-29)15-37-5-7-40-8-6-37/h19-20,34H,1-8,11-18,33H2. The fourth-order valence-corrected chi connectivity index (χ4v) is 8.90. The Balaban J connectivity index is 1.09. The summed E-state index contributed by atoms with van der Waals surface area (Å²) >= 11 is 1.55. The molecule has 6 aliphatic rings. The molecule has 2 atom stereocenters. The molecule has 226 valence electrons. The van der Waals surface area contributed by atoms with E-state index >= 15 is 0 Å². The summed E-state index contributed by atoms with van der Waals surface area (Å²) < 4.78 is 17.7. The van der Waals surface area contributed by atoms with E-state index in [1.54, 1.807) is 11.3 Å². The van der Waals surface area contributed by atoms with Crippen molar-refractivity contribution < 1.29 is 14.2 Å². The van der Waals surface area contributed by atoms with E-state index in [2.05, 4.69) is 32.2 Å². The Kier molecular flexibility index (Phi) is 6.65. The topological polar surface area (TPSA) is 149 Å². The van der Waals surface area contributed by atoms with Gasteiger partial charge in [-0.05, 0) is 31.2 Å². The number of nitrogens with zero attached hydrogens (tertiary/aromatic N) is 7. The van der Waals surface area contributed by atoms with Crippen LogP contribution in [0.2, 0.25) is 0 Å². The fraction of sp³-hybridized carbons (Fsp3) is 0.667. The molecule has 12 nitrogen and oxygen atoms in total. The van der Waals surface area contributed by atoms with Crippen LogP contribution in [-0.2, 0) is 21.3 Å². The SMILES string of the molecule is N#Cc1c(N2CC3COCC(C2)N3)nc(OCC2(CN3CCOCC3)CC2)nc1N1CC2(CCc3sc(N)c(C#N)c32)C1. The Labute approximate surface area is 255 Å². The average molecular weight is 604 g/mol. The predicted molar refractivity (Wildman–Crippen MR) is 161 cm³/mol. The number of anilines is 3. The van der Waals surface area contributed by atoms with Gasteiger partial charge >= 0.3 is 6.01 Å². The minimum atomic E-state index is -0.132. The summed E-state index contributed by atoms with van der Waals surface area (Å²) in [5.41, 5.74) is 8.44. The highest BCUT2D eigenvalue weighted by atomic mass is 32.1. The van der Waals surface area contributed by atoms with E-state index in [1.807, 2.05) is 0 Å². The number of ether oxygens (including phenoxy) is 3. The largest absolute Gasteiger partial charge is 0.463 e. The lowest BCUT2D eigenvalue weighted by Crippen LogP contribution is -2.63. The first kappa shape index (κ1) is 27.4. The van der Waals surface area contributed by atoms with Crippen LogP contribution in [0.15, 0.2) is 0 Å². The quantitative estimate of drug-likeness (QED) is 0.469. The van der Waals surface area contributed by atoms with Crippen LogP contribution in [0.25, 0.3) is 0 Å². The van der Waals surface area contributed by atoms with Crippen molar-refractivity contribution in [3.05, 3.63) is 21.6 Å². The van der Waals surface area contributed by atoms with Crippen LogP contribution in [0, 0.1) is 28.1 Å². The molecular weight excluding hydrogens is 566 g/mol. The van der Waals surface area contributed by atoms with Crippen LogP contribution in [0.1, 0.15) is 40.8 Å². The van der Waals surface area contributed by atoms with Gasteiger partial charge in [-0.2, -0.15) is 20.5 Å². The number of hydrogen-bond donors (Lipinski definition) is 2. The summed E-state index contributed by atoms with van der Waals surface area (Å²) in [5, 5.41) is 24.6. The van der Waals surface area contributed by atoms with Crippen molar-refractivity contribution in [3.8, 4) is 18.1 Å². The van der Waals surface area contributed by atoms with Crippen LogP contribution in [0.4, 0.5) is 16.6 Å². The van der Waals surface area contributed by atoms with Gasteiger partial charge < -0.3 is 35.1 Å². The van der Waals surface area contributed by atoms with E-state index in [0.717, 1.165) is 64.1 Å². The number of hydrogen-bond acceptors (Lipinski definition) is 13. The van der Waals surface area contributed by atoms with Crippen molar-refractivity contribution in [1.82, 2.24) is 20.2 Å². The van der Waals surface area contributed by atoms with Gasteiger partial charge in [0.2, 0.25) is 0 Å². The van der Waals surface area contributed by atoms with Gasteiger partial charge in [0.1, 0.15) is 22.7 Å². The van der Waals surface area contributed by atoms with Crippen LogP contribution in [-0.4, -0.2) is 106 Å². The Morgan fingerprint density at radius 1 is 0.977 bits per heavy atom. The smallest absolute Gasteiger partial charge is 0.320 e. The van der Waals surface area contributed by atoms with Gasteiger partial charge in [-0.3, -0.25) is 4.90 Å². The number of morpholine rings is 2. The van der Waals surface area contributed by atoms with Gasteiger partial charge in [0.25, 0.3) is 0 Å². The number of fused-ring (bicyclic) bond motifs is 4. The first-order valence-corrected chi connectivity index (χ1v) is 16.2. The molecule has 13 heteroatoms. The lowest BCUT2D eigenvalue weighted by molar-refractivity contribution is 0.0231. The van der Waals surface area contributed by atoms with Crippen LogP contribution in [0.3, 0.4) is 0 Å². The van der Waals surface area contributed by atoms with Gasteiger partial charge in [0.15, 0.2) is 11.6 Å². The molecule has 5 fully saturated rings. The predicted octanol–water partition coefficient (Wildman–Crippen LogP) is 1.24. The zero-order chi connectivity index (χ0) is 29.2. The first-order valence-electron chi connectivity index (χ1n) is 15.4. The second kappa shape index (κ2) is 10.5. The maximum Gasteiger partial charge on any atom is 0.320 e. The lowest BCUT2D eigenvalue weighted by Gasteiger charge is -2.50. The molecule has 2 bridgehead atoms. The molecule has 8 rings (SSSR count). The molecule has 2 aromatic heterocycles. The van der Waals surface area contributed by atoms with E-state index in [-0.39, 0.29) is 22.9 Å². The molecule has 4 aliphatic heterocycles. The van der Waals surface area contributed by atoms with E-state index < -0.39 is 0 Å². The number of nitrogen functional groups attached to an aromatic ring is 1. The molecule has 1 saturated carbocycles. The van der Waals surface area contributed by atoms with E-state index in [9.17, 15) is 10.5 Å². The van der Waals surface area contributed by atoms with Crippen LogP contribution in [0.5, 0.6) is 6.01 Å². The Morgan fingerprint density at radius 2 is 1.67 bits per heavy atom. The third-order valence-corrected chi connectivity index (χ3v) is 11.2. The van der Waals surface area contributed by atoms with Crippen LogP contribution < -0.4 is 25.6 Å². The van der Waals surface area contributed by atoms with Gasteiger partial charge in [0.05, 0.1) is 38.6 Å². The molecule has 4 saturated heterocycles. The molecule has 2 aromatic rings. The van der Waals surface area contributed by atoms with Crippen molar-refractivity contribution in [2.45, 2.75) is 43.2 Å². The molecule has 6 heterocycles. The number of nitriles is 2. The third kappa shape index (κ3) is 4.78. The van der Waals surface area contributed by atoms with Crippen molar-refractivity contribution in [2.24, 2.45) is 5.41 Å². The molecule has 0 amide bonds. The molecule has 43 heavy (non-hydrogen) atoms. The second-order valence-electron chi connectivity index (χ2n) is 13.2. The molecule has 1 spiro atoms. The Morgan fingerprint density at radius 3 is 2.35 bits per heavy atom. The summed E-state index contributed by atoms with van der Waals surface area (Å²) in [7, 11) is 0. The highest BCUT2D eigenvalue weighted by molar-refractivity contribution is 7.16. The zero-order valence-corrected chi connectivity index (χ0v) is 25.1. The first-order chi connectivity index (χ1) is 21.0. The lowest BCUT2D eigenvalue weighted by atomic mass is 9.74. The molecule has 0 aromatic carbocycles. The number of aromatic nitrogens is 2. The average Bonchev–Trinajstić information content (AvgIpc) is 3.55. The molecule has 2 aliphatic carbocycles. The fourth-order valence-electron chi connectivity index (χ4n) is 7.76. The summed E-state index contributed by atoms with van der Waals surface area (Å²) in [4.78, 5) is 17.9. The maximum atomic E-state index is 10.5. The summed E-state index contributed by atoms with van der Waals surface area (Å²) in [5.74, 6) is 1.27. The minimum Gasteiger partial charge on any atom is -0.463 e. The van der Waals surface area contributed by atoms with E-state index in [0.29, 0.717) is 79.8 Å². The van der Waals surface area contributed by atoms with Gasteiger partial charge in [-0.15, -0.1) is 11.3 Å². The number of thiophene rings is 1. The molecular formula is C30H37N9O3S. The monoisotopic (exact) mass is 603 g/mol. The highest BCUT2D eigenvalue weighted by Gasteiger charge is 2.52. The number of rotatable bonds is 7. The summed E-state index contributed by atoms with van der Waals surface area (Å²) in [6, 6.07) is 5.52. The van der Waals surface area contributed by atoms with Gasteiger partial charge in [0, 0.05) is 73.6 Å². The van der Waals surface area contributed by atoms with E-state index in [1.165, 1.54) is 4.88 Å². The Hall–Kier alpha value is -3.20. The number of aryl methyl sites for hydroxylation is 1. The summed E-state index contributed by atoms with van der Waals surface area (Å²) in [6.45, 7) is 9.11. The van der Waals surface area contributed by atoms with Crippen molar-refractivity contribution in [3.63, 3.8) is 0 Å². The number of nitrogens with two attached hydrogens (primary N) is 1. The van der Waals surface area contributed by atoms with Gasteiger partial charge in [-0.25, -0.2) is 0 Å². The zero-order valence-electron chi connectivity index (χ0n) is 24.3. The van der Waals surface area contributed by atoms with Crippen molar-refractivity contribution in [2.75, 3.05) is 94.4 Å². The molecule has 3 N–H and O–H groups in total. The van der Waals surface area contributed by atoms with Crippen molar-refractivity contribution >= 4 is 28.0 Å². The minimum absolute atomic E-state index is 0.117. The Bertz CT molecular complexity index is 1490.